The van der Waals surface area contributed by atoms with E-state index in [4.69, 9.17) is 0 Å². The Kier molecular flexibility index (Phi) is 3.56. The Morgan fingerprint density at radius 1 is 0.882 bits per heavy atom. The molecule has 0 radical (unpaired) electrons. The molecule has 0 heterocycles. The second-order valence-electron chi connectivity index (χ2n) is 3.98. The molecule has 0 aliphatic carbocycles. The zero-order valence-corrected chi connectivity index (χ0v) is 9.89. The second kappa shape index (κ2) is 5.31. The van der Waals surface area contributed by atoms with E-state index in [1.807, 2.05) is 12.2 Å². The molecule has 2 aromatic carbocycles. The highest BCUT2D eigenvalue weighted by molar-refractivity contribution is 5.69. The van der Waals surface area contributed by atoms with Gasteiger partial charge >= 0.3 is 0 Å². The van der Waals surface area contributed by atoms with Crippen molar-refractivity contribution in [3.8, 4) is 11.1 Å². The summed E-state index contributed by atoms with van der Waals surface area (Å²) in [5.74, 6) is 0. The van der Waals surface area contributed by atoms with Crippen LogP contribution >= 0.6 is 0 Å². The van der Waals surface area contributed by atoms with Crippen LogP contribution in [0.2, 0.25) is 0 Å². The summed E-state index contributed by atoms with van der Waals surface area (Å²) in [6.07, 6.45) is 4.70. The fourth-order valence-corrected chi connectivity index (χ4v) is 1.93. The molecule has 84 valence electrons. The molecule has 0 N–H and O–H groups in total. The van der Waals surface area contributed by atoms with Gasteiger partial charge in [0.25, 0.3) is 0 Å². The molecule has 17 heavy (non-hydrogen) atoms. The number of hydrogen-bond acceptors (Lipinski definition) is 0. The third-order valence-electron chi connectivity index (χ3n) is 2.84. The zero-order valence-electron chi connectivity index (χ0n) is 9.89. The molecule has 0 heteroatoms. The molecule has 0 bridgehead atoms. The van der Waals surface area contributed by atoms with E-state index in [0.29, 0.717) is 0 Å². The SMILES string of the molecule is C=CCc1ccccc1-c1ccc(C=C)cc1. The van der Waals surface area contributed by atoms with Gasteiger partial charge in [-0.25, -0.2) is 0 Å². The van der Waals surface area contributed by atoms with Crippen LogP contribution in [0.3, 0.4) is 0 Å². The van der Waals surface area contributed by atoms with E-state index in [9.17, 15) is 0 Å². The Balaban J connectivity index is 2.44. The second-order valence-corrected chi connectivity index (χ2v) is 3.98. The van der Waals surface area contributed by atoms with E-state index < -0.39 is 0 Å². The van der Waals surface area contributed by atoms with Gasteiger partial charge in [0.1, 0.15) is 0 Å². The van der Waals surface area contributed by atoms with Crippen molar-refractivity contribution in [3.05, 3.63) is 78.9 Å². The Bertz CT molecular complexity index is 518. The summed E-state index contributed by atoms with van der Waals surface area (Å²) in [5.41, 5.74) is 4.99. The van der Waals surface area contributed by atoms with Crippen LogP contribution < -0.4 is 0 Å². The van der Waals surface area contributed by atoms with Crippen molar-refractivity contribution < 1.29 is 0 Å². The molecule has 0 aliphatic heterocycles. The summed E-state index contributed by atoms with van der Waals surface area (Å²) >= 11 is 0. The fraction of sp³-hybridized carbons (Fsp3) is 0.0588. The number of allylic oxidation sites excluding steroid dienone is 1. The minimum absolute atomic E-state index is 0.902. The van der Waals surface area contributed by atoms with Crippen molar-refractivity contribution in [3.63, 3.8) is 0 Å². The highest BCUT2D eigenvalue weighted by atomic mass is 14.1. The quantitative estimate of drug-likeness (QED) is 0.654. The molecule has 0 saturated heterocycles. The van der Waals surface area contributed by atoms with Gasteiger partial charge in [0.05, 0.1) is 0 Å². The molecule has 0 nitrogen and oxygen atoms in total. The lowest BCUT2D eigenvalue weighted by atomic mass is 9.97. The van der Waals surface area contributed by atoms with Crippen LogP contribution in [0.1, 0.15) is 11.1 Å². The molecule has 0 amide bonds. The van der Waals surface area contributed by atoms with Crippen LogP contribution in [0.25, 0.3) is 17.2 Å². The lowest BCUT2D eigenvalue weighted by Gasteiger charge is -2.08. The summed E-state index contributed by atoms with van der Waals surface area (Å²) in [7, 11) is 0. The van der Waals surface area contributed by atoms with Gasteiger partial charge in [-0.2, -0.15) is 0 Å². The predicted octanol–water partition coefficient (Wildman–Crippen LogP) is 4.73. The van der Waals surface area contributed by atoms with E-state index >= 15 is 0 Å². The lowest BCUT2D eigenvalue weighted by Crippen LogP contribution is -1.87. The Hall–Kier alpha value is -2.08. The summed E-state index contributed by atoms with van der Waals surface area (Å²) in [4.78, 5) is 0. The van der Waals surface area contributed by atoms with Gasteiger partial charge in [0.15, 0.2) is 0 Å². The van der Waals surface area contributed by atoms with Gasteiger partial charge in [-0.3, -0.25) is 0 Å². The standard InChI is InChI=1S/C17H16/c1-3-7-15-8-5-6-9-17(15)16-12-10-14(4-2)11-13-16/h3-6,8-13H,1-2,7H2. The van der Waals surface area contributed by atoms with Gasteiger partial charge in [0.2, 0.25) is 0 Å². The molecular weight excluding hydrogens is 204 g/mol. The third-order valence-corrected chi connectivity index (χ3v) is 2.84. The maximum absolute atomic E-state index is 3.80. The van der Waals surface area contributed by atoms with Crippen LogP contribution in [0, 0.1) is 0 Å². The average Bonchev–Trinajstić information content (AvgIpc) is 2.40. The molecule has 0 atom stereocenters. The first-order chi connectivity index (χ1) is 8.35. The fourth-order valence-electron chi connectivity index (χ4n) is 1.93. The summed E-state index contributed by atoms with van der Waals surface area (Å²) in [5, 5.41) is 0. The topological polar surface area (TPSA) is 0 Å². The van der Waals surface area contributed by atoms with Gasteiger partial charge in [-0.15, -0.1) is 6.58 Å². The third kappa shape index (κ3) is 2.54. The molecular formula is C17H16. The number of rotatable bonds is 4. The van der Waals surface area contributed by atoms with Crippen LogP contribution in [0.15, 0.2) is 67.8 Å². The van der Waals surface area contributed by atoms with Gasteiger partial charge in [0, 0.05) is 0 Å². The summed E-state index contributed by atoms with van der Waals surface area (Å²) < 4.78 is 0. The van der Waals surface area contributed by atoms with Crippen molar-refractivity contribution in [2.75, 3.05) is 0 Å². The highest BCUT2D eigenvalue weighted by Gasteiger charge is 2.02. The first-order valence-corrected chi connectivity index (χ1v) is 5.77. The van der Waals surface area contributed by atoms with Crippen LogP contribution in [0.5, 0.6) is 0 Å². The minimum atomic E-state index is 0.902. The molecule has 0 unspecified atom stereocenters. The molecule has 2 rings (SSSR count). The van der Waals surface area contributed by atoms with Gasteiger partial charge in [-0.05, 0) is 28.7 Å². The Morgan fingerprint density at radius 3 is 2.24 bits per heavy atom. The van der Waals surface area contributed by atoms with Gasteiger partial charge in [-0.1, -0.05) is 67.3 Å². The average molecular weight is 220 g/mol. The Labute approximate surface area is 103 Å². The molecule has 0 spiro atoms. The van der Waals surface area contributed by atoms with Crippen molar-refractivity contribution in [2.45, 2.75) is 6.42 Å². The van der Waals surface area contributed by atoms with Crippen molar-refractivity contribution >= 4 is 6.08 Å². The van der Waals surface area contributed by atoms with Crippen LogP contribution in [-0.4, -0.2) is 0 Å². The largest absolute Gasteiger partial charge is 0.103 e. The molecule has 0 saturated carbocycles. The zero-order chi connectivity index (χ0) is 12.1. The summed E-state index contributed by atoms with van der Waals surface area (Å²) in [6.45, 7) is 7.57. The predicted molar refractivity (Wildman–Crippen MR) is 75.9 cm³/mol. The van der Waals surface area contributed by atoms with Crippen LogP contribution in [0.4, 0.5) is 0 Å². The van der Waals surface area contributed by atoms with E-state index in [2.05, 4.69) is 61.7 Å². The number of benzene rings is 2. The van der Waals surface area contributed by atoms with E-state index in [1.54, 1.807) is 0 Å². The van der Waals surface area contributed by atoms with E-state index in [0.717, 1.165) is 12.0 Å². The smallest absolute Gasteiger partial charge is 0.00940 e. The molecule has 2 aromatic rings. The maximum atomic E-state index is 3.80. The first kappa shape index (κ1) is 11.4. The first-order valence-electron chi connectivity index (χ1n) is 5.77. The van der Waals surface area contributed by atoms with E-state index in [-0.39, 0.29) is 0 Å². The van der Waals surface area contributed by atoms with Gasteiger partial charge < -0.3 is 0 Å². The van der Waals surface area contributed by atoms with Crippen molar-refractivity contribution in [1.82, 2.24) is 0 Å². The number of hydrogen-bond donors (Lipinski definition) is 0. The summed E-state index contributed by atoms with van der Waals surface area (Å²) in [6, 6.07) is 16.9. The molecule has 0 aromatic heterocycles. The highest BCUT2D eigenvalue weighted by Crippen LogP contribution is 2.24. The normalized spacial score (nSPS) is 9.88. The maximum Gasteiger partial charge on any atom is -0.00940 e. The lowest BCUT2D eigenvalue weighted by molar-refractivity contribution is 1.28. The van der Waals surface area contributed by atoms with Crippen LogP contribution in [-0.2, 0) is 6.42 Å². The molecule has 0 aliphatic rings. The monoisotopic (exact) mass is 220 g/mol. The van der Waals surface area contributed by atoms with E-state index in [1.165, 1.54) is 16.7 Å². The van der Waals surface area contributed by atoms with Crippen molar-refractivity contribution in [1.29, 1.82) is 0 Å². The van der Waals surface area contributed by atoms with Crippen molar-refractivity contribution in [2.24, 2.45) is 0 Å². The Morgan fingerprint density at radius 2 is 1.59 bits per heavy atom. The minimum Gasteiger partial charge on any atom is -0.103 e. The molecule has 0 fully saturated rings.